The Kier molecular flexibility index (Phi) is 5.49. The van der Waals surface area contributed by atoms with E-state index in [2.05, 4.69) is 25.0 Å². The third-order valence-corrected chi connectivity index (χ3v) is 4.12. The van der Waals surface area contributed by atoms with Gasteiger partial charge in [-0.05, 0) is 30.1 Å². The second-order valence-electron chi connectivity index (χ2n) is 5.97. The Labute approximate surface area is 149 Å². The molecule has 0 fully saturated rings. The fourth-order valence-electron chi connectivity index (χ4n) is 2.24. The zero-order valence-corrected chi connectivity index (χ0v) is 14.9. The Morgan fingerprint density at radius 1 is 1.28 bits per heavy atom. The van der Waals surface area contributed by atoms with Crippen molar-refractivity contribution in [3.63, 3.8) is 0 Å². The van der Waals surface area contributed by atoms with E-state index in [0.717, 1.165) is 16.9 Å². The van der Waals surface area contributed by atoms with Gasteiger partial charge in [-0.3, -0.25) is 4.79 Å². The van der Waals surface area contributed by atoms with Crippen LogP contribution in [0.5, 0.6) is 0 Å². The summed E-state index contributed by atoms with van der Waals surface area (Å²) in [6.45, 7) is 4.02. The maximum Gasteiger partial charge on any atom is 0.226 e. The Morgan fingerprint density at radius 2 is 2.08 bits per heavy atom. The summed E-state index contributed by atoms with van der Waals surface area (Å²) in [4.78, 5) is 16.3. The van der Waals surface area contributed by atoms with E-state index in [0.29, 0.717) is 31.0 Å². The van der Waals surface area contributed by atoms with Crippen molar-refractivity contribution in [2.24, 2.45) is 0 Å². The minimum atomic E-state index is -0.0355. The Bertz CT molecular complexity index is 812. The number of rotatable bonds is 7. The van der Waals surface area contributed by atoms with Crippen molar-refractivity contribution in [3.05, 3.63) is 41.4 Å². The molecule has 3 aromatic rings. The first kappa shape index (κ1) is 17.2. The average molecular weight is 357 g/mol. The third kappa shape index (κ3) is 4.69. The molecule has 2 aromatic heterocycles. The number of aromatic nitrogens is 4. The van der Waals surface area contributed by atoms with Gasteiger partial charge in [0.05, 0.1) is 0 Å². The smallest absolute Gasteiger partial charge is 0.226 e. The topological polar surface area (TPSA) is 93.8 Å². The van der Waals surface area contributed by atoms with Crippen LogP contribution in [-0.4, -0.2) is 25.6 Å². The highest BCUT2D eigenvalue weighted by Crippen LogP contribution is 2.20. The van der Waals surface area contributed by atoms with Crippen molar-refractivity contribution < 1.29 is 9.32 Å². The van der Waals surface area contributed by atoms with E-state index in [1.54, 1.807) is 0 Å². The lowest BCUT2D eigenvalue weighted by molar-refractivity contribution is -0.116. The van der Waals surface area contributed by atoms with Crippen LogP contribution in [0.2, 0.25) is 0 Å². The number of amides is 1. The molecule has 1 amide bonds. The van der Waals surface area contributed by atoms with Gasteiger partial charge < -0.3 is 9.84 Å². The van der Waals surface area contributed by atoms with E-state index in [1.165, 1.54) is 11.5 Å². The predicted octanol–water partition coefficient (Wildman–Crippen LogP) is 3.67. The van der Waals surface area contributed by atoms with E-state index >= 15 is 0 Å². The number of nitrogens with zero attached hydrogens (tertiary/aromatic N) is 4. The number of anilines is 1. The summed E-state index contributed by atoms with van der Waals surface area (Å²) >= 11 is 1.31. The quantitative estimate of drug-likeness (QED) is 0.693. The highest BCUT2D eigenvalue weighted by molar-refractivity contribution is 7.03. The third-order valence-electron chi connectivity index (χ3n) is 3.62. The van der Waals surface area contributed by atoms with Gasteiger partial charge in [-0.15, -0.1) is 5.10 Å². The van der Waals surface area contributed by atoms with Gasteiger partial charge in [0, 0.05) is 35.4 Å². The molecular formula is C17H19N5O2S. The minimum absolute atomic E-state index is 0.0355. The monoisotopic (exact) mass is 357 g/mol. The van der Waals surface area contributed by atoms with Crippen molar-refractivity contribution in [2.45, 2.75) is 39.0 Å². The van der Waals surface area contributed by atoms with E-state index in [4.69, 9.17) is 4.52 Å². The number of aryl methyl sites for hydroxylation is 1. The molecule has 0 unspecified atom stereocenters. The van der Waals surface area contributed by atoms with E-state index in [-0.39, 0.29) is 11.8 Å². The van der Waals surface area contributed by atoms with Crippen LogP contribution in [0.15, 0.2) is 34.2 Å². The van der Waals surface area contributed by atoms with E-state index in [1.807, 2.05) is 43.5 Å². The molecule has 3 rings (SSSR count). The van der Waals surface area contributed by atoms with Crippen LogP contribution in [0.1, 0.15) is 44.3 Å². The Hall–Kier alpha value is -2.61. The first-order valence-electron chi connectivity index (χ1n) is 8.11. The van der Waals surface area contributed by atoms with Crippen LogP contribution >= 0.6 is 11.5 Å². The Balaban J connectivity index is 1.45. The van der Waals surface area contributed by atoms with Crippen molar-refractivity contribution in [3.8, 4) is 11.3 Å². The molecule has 25 heavy (non-hydrogen) atoms. The van der Waals surface area contributed by atoms with Gasteiger partial charge in [0.2, 0.25) is 11.8 Å². The minimum Gasteiger partial charge on any atom is -0.339 e. The molecule has 1 N–H and O–H groups in total. The molecular weight excluding hydrogens is 338 g/mol. The largest absolute Gasteiger partial charge is 0.339 e. The average Bonchev–Trinajstić information content (AvgIpc) is 3.27. The van der Waals surface area contributed by atoms with Crippen molar-refractivity contribution >= 4 is 23.1 Å². The second kappa shape index (κ2) is 7.98. The van der Waals surface area contributed by atoms with Gasteiger partial charge in [0.15, 0.2) is 5.82 Å². The molecule has 0 saturated carbocycles. The number of carbonyl (C=O) groups excluding carboxylic acids is 1. The van der Waals surface area contributed by atoms with Gasteiger partial charge in [-0.25, -0.2) is 0 Å². The number of nitrogens with one attached hydrogen (secondary N) is 1. The molecule has 130 valence electrons. The molecule has 0 saturated heterocycles. The van der Waals surface area contributed by atoms with E-state index in [9.17, 15) is 4.79 Å². The zero-order chi connectivity index (χ0) is 17.6. The summed E-state index contributed by atoms with van der Waals surface area (Å²) in [6, 6.07) is 7.55. The predicted molar refractivity (Wildman–Crippen MR) is 95.3 cm³/mol. The summed E-state index contributed by atoms with van der Waals surface area (Å²) in [5.74, 6) is 1.49. The highest BCUT2D eigenvalue weighted by Gasteiger charge is 2.10. The highest BCUT2D eigenvalue weighted by atomic mass is 32.1. The maximum atomic E-state index is 12.0. The van der Waals surface area contributed by atoms with Crippen LogP contribution in [0.25, 0.3) is 11.3 Å². The number of benzene rings is 1. The molecule has 0 atom stereocenters. The summed E-state index contributed by atoms with van der Waals surface area (Å²) in [7, 11) is 0. The first-order valence-corrected chi connectivity index (χ1v) is 8.95. The number of hydrogen-bond donors (Lipinski definition) is 1. The maximum absolute atomic E-state index is 12.0. The van der Waals surface area contributed by atoms with Crippen LogP contribution in [0.4, 0.5) is 5.69 Å². The molecule has 0 aliphatic heterocycles. The lowest BCUT2D eigenvalue weighted by Crippen LogP contribution is -2.11. The molecule has 7 nitrogen and oxygen atoms in total. The first-order chi connectivity index (χ1) is 12.1. The lowest BCUT2D eigenvalue weighted by atomic mass is 10.1. The van der Waals surface area contributed by atoms with Gasteiger partial charge in [-0.2, -0.15) is 4.98 Å². The molecule has 2 heterocycles. The zero-order valence-electron chi connectivity index (χ0n) is 14.1. The van der Waals surface area contributed by atoms with Crippen LogP contribution in [-0.2, 0) is 11.2 Å². The number of hydrogen-bond acceptors (Lipinski definition) is 7. The summed E-state index contributed by atoms with van der Waals surface area (Å²) in [6.07, 6.45) is 1.66. The second-order valence-corrected chi connectivity index (χ2v) is 6.58. The lowest BCUT2D eigenvalue weighted by Gasteiger charge is -2.05. The normalized spacial score (nSPS) is 11.0. The van der Waals surface area contributed by atoms with Gasteiger partial charge in [0.25, 0.3) is 0 Å². The molecule has 0 aliphatic carbocycles. The van der Waals surface area contributed by atoms with Gasteiger partial charge in [0.1, 0.15) is 5.69 Å². The fourth-order valence-corrected chi connectivity index (χ4v) is 2.71. The van der Waals surface area contributed by atoms with Crippen molar-refractivity contribution in [1.29, 1.82) is 0 Å². The summed E-state index contributed by atoms with van der Waals surface area (Å²) < 4.78 is 9.02. The molecule has 0 spiro atoms. The standard InChI is InChI=1S/C17H19N5O2S/c1-11(2)17-19-16(24-21-17)5-3-4-15(23)18-13-8-6-12(7-9-13)14-10-25-22-20-14/h6-11H,3-5H2,1-2H3,(H,18,23). The van der Waals surface area contributed by atoms with Crippen molar-refractivity contribution in [1.82, 2.24) is 19.7 Å². The van der Waals surface area contributed by atoms with Gasteiger partial charge in [-0.1, -0.05) is 35.6 Å². The summed E-state index contributed by atoms with van der Waals surface area (Å²) in [5.41, 5.74) is 2.57. The number of carbonyl (C=O) groups is 1. The Morgan fingerprint density at radius 3 is 2.72 bits per heavy atom. The van der Waals surface area contributed by atoms with E-state index < -0.39 is 0 Å². The van der Waals surface area contributed by atoms with Crippen LogP contribution in [0, 0.1) is 0 Å². The van der Waals surface area contributed by atoms with Crippen LogP contribution < -0.4 is 5.32 Å². The molecule has 0 radical (unpaired) electrons. The fraction of sp³-hybridized carbons (Fsp3) is 0.353. The molecule has 8 heteroatoms. The molecule has 0 bridgehead atoms. The SMILES string of the molecule is CC(C)c1noc(CCCC(=O)Nc2ccc(-c3csnn3)cc2)n1. The molecule has 0 aliphatic rings. The van der Waals surface area contributed by atoms with Gasteiger partial charge >= 0.3 is 0 Å². The molecule has 1 aromatic carbocycles. The summed E-state index contributed by atoms with van der Waals surface area (Å²) in [5, 5.41) is 12.7. The van der Waals surface area contributed by atoms with Crippen LogP contribution in [0.3, 0.4) is 0 Å². The van der Waals surface area contributed by atoms with Crippen molar-refractivity contribution in [2.75, 3.05) is 5.32 Å².